The number of pyridine rings is 2. The summed E-state index contributed by atoms with van der Waals surface area (Å²) in [6.45, 7) is 2.30. The van der Waals surface area contributed by atoms with E-state index in [0.717, 1.165) is 35.2 Å². The summed E-state index contributed by atoms with van der Waals surface area (Å²) in [6.07, 6.45) is -1.94. The zero-order valence-corrected chi connectivity index (χ0v) is 19.8. The predicted molar refractivity (Wildman–Crippen MR) is 127 cm³/mol. The second-order valence-electron chi connectivity index (χ2n) is 9.52. The molecule has 0 spiro atoms. The van der Waals surface area contributed by atoms with Gasteiger partial charge in [0.15, 0.2) is 0 Å². The van der Waals surface area contributed by atoms with Gasteiger partial charge in [0.05, 0.1) is 42.1 Å². The first kappa shape index (κ1) is 24.5. The minimum atomic E-state index is -4.49. The highest BCUT2D eigenvalue weighted by Gasteiger charge is 2.33. The Hall–Kier alpha value is -3.24. The predicted octanol–water partition coefficient (Wildman–Crippen LogP) is 4.77. The van der Waals surface area contributed by atoms with Crippen LogP contribution in [-0.4, -0.2) is 38.0 Å². The largest absolute Gasteiger partial charge is 0.417 e. The quantitative estimate of drug-likeness (QED) is 0.535. The van der Waals surface area contributed by atoms with Crippen LogP contribution < -0.4 is 5.73 Å². The van der Waals surface area contributed by atoms with Gasteiger partial charge in [-0.1, -0.05) is 0 Å². The van der Waals surface area contributed by atoms with Gasteiger partial charge in [-0.05, 0) is 68.5 Å². The van der Waals surface area contributed by atoms with E-state index in [1.807, 2.05) is 6.92 Å². The molecular weight excluding hydrogens is 473 g/mol. The summed E-state index contributed by atoms with van der Waals surface area (Å²) in [5, 5.41) is 11.0. The van der Waals surface area contributed by atoms with E-state index in [-0.39, 0.29) is 24.6 Å². The van der Waals surface area contributed by atoms with E-state index in [9.17, 15) is 23.1 Å². The summed E-state index contributed by atoms with van der Waals surface area (Å²) >= 11 is 0. The molecule has 36 heavy (non-hydrogen) atoms. The molecule has 1 aliphatic heterocycles. The molecule has 0 bridgehead atoms. The second-order valence-corrected chi connectivity index (χ2v) is 9.52. The summed E-state index contributed by atoms with van der Waals surface area (Å²) in [5.74, 6) is 0.128. The van der Waals surface area contributed by atoms with Gasteiger partial charge in [0, 0.05) is 28.8 Å². The van der Waals surface area contributed by atoms with Crippen LogP contribution in [0, 0.1) is 0 Å². The number of alkyl halides is 3. The molecule has 0 saturated heterocycles. The zero-order chi connectivity index (χ0) is 25.6. The maximum absolute atomic E-state index is 13.8. The van der Waals surface area contributed by atoms with Crippen molar-refractivity contribution in [1.82, 2.24) is 14.9 Å². The zero-order valence-electron chi connectivity index (χ0n) is 19.8. The van der Waals surface area contributed by atoms with Gasteiger partial charge in [-0.25, -0.2) is 4.98 Å². The van der Waals surface area contributed by atoms with Crippen LogP contribution in [0.3, 0.4) is 0 Å². The van der Waals surface area contributed by atoms with Crippen molar-refractivity contribution in [3.8, 4) is 0 Å². The Balaban J connectivity index is 1.50. The molecule has 1 amide bonds. The van der Waals surface area contributed by atoms with Gasteiger partial charge in [-0.3, -0.25) is 9.78 Å². The van der Waals surface area contributed by atoms with Gasteiger partial charge in [0.25, 0.3) is 5.91 Å². The maximum Gasteiger partial charge on any atom is 0.417 e. The topological polar surface area (TPSA) is 102 Å². The van der Waals surface area contributed by atoms with Crippen molar-refractivity contribution < 1.29 is 27.8 Å². The Morgan fingerprint density at radius 3 is 2.75 bits per heavy atom. The third-order valence-electron chi connectivity index (χ3n) is 7.10. The van der Waals surface area contributed by atoms with Crippen molar-refractivity contribution in [2.24, 2.45) is 0 Å². The van der Waals surface area contributed by atoms with Crippen LogP contribution in [0.1, 0.15) is 71.5 Å². The number of aromatic nitrogens is 2. The lowest BCUT2D eigenvalue weighted by Gasteiger charge is -2.36. The molecule has 3 atom stereocenters. The molecule has 2 aliphatic rings. The Morgan fingerprint density at radius 1 is 1.25 bits per heavy atom. The smallest absolute Gasteiger partial charge is 0.393 e. The highest BCUT2D eigenvalue weighted by atomic mass is 19.4. The monoisotopic (exact) mass is 500 g/mol. The molecular formula is C26H27F3N4O3. The van der Waals surface area contributed by atoms with Crippen molar-refractivity contribution in [3.05, 3.63) is 64.5 Å². The Morgan fingerprint density at radius 2 is 2.06 bits per heavy atom. The van der Waals surface area contributed by atoms with E-state index in [2.05, 4.69) is 9.97 Å². The molecule has 1 aromatic carbocycles. The average molecular weight is 501 g/mol. The normalized spacial score (nSPS) is 22.0. The summed E-state index contributed by atoms with van der Waals surface area (Å²) in [7, 11) is 0. The number of nitrogens with two attached hydrogens (primary N) is 1. The molecule has 3 heterocycles. The van der Waals surface area contributed by atoms with E-state index < -0.39 is 17.8 Å². The number of anilines is 1. The van der Waals surface area contributed by atoms with Crippen molar-refractivity contribution in [2.75, 3.05) is 5.73 Å². The SMILES string of the molecule is C[C@H]1OCc2c1c(N)nc1ccc(C(=O)N(Cc3ccc(C(F)(F)F)cn3)[C@H]3CCC[C@@H](O)C3)cc21. The van der Waals surface area contributed by atoms with E-state index in [1.165, 1.54) is 6.07 Å². The number of aliphatic hydroxyl groups excluding tert-OH is 1. The molecule has 5 rings (SSSR count). The molecule has 1 fully saturated rings. The fourth-order valence-electron chi connectivity index (χ4n) is 5.21. The van der Waals surface area contributed by atoms with Gasteiger partial charge in [-0.15, -0.1) is 0 Å². The highest BCUT2D eigenvalue weighted by molar-refractivity contribution is 5.99. The van der Waals surface area contributed by atoms with Gasteiger partial charge < -0.3 is 20.5 Å². The first-order valence-corrected chi connectivity index (χ1v) is 12.0. The number of nitrogens with zero attached hydrogens (tertiary/aromatic N) is 3. The van der Waals surface area contributed by atoms with Crippen molar-refractivity contribution in [3.63, 3.8) is 0 Å². The van der Waals surface area contributed by atoms with Crippen molar-refractivity contribution in [2.45, 2.75) is 70.2 Å². The number of hydrogen-bond acceptors (Lipinski definition) is 6. The first-order chi connectivity index (χ1) is 17.1. The van der Waals surface area contributed by atoms with E-state index >= 15 is 0 Å². The average Bonchev–Trinajstić information content (AvgIpc) is 3.24. The maximum atomic E-state index is 13.8. The molecule has 0 unspecified atom stereocenters. The number of carbonyl (C=O) groups is 1. The van der Waals surface area contributed by atoms with E-state index in [4.69, 9.17) is 10.5 Å². The molecule has 190 valence electrons. The molecule has 10 heteroatoms. The lowest BCUT2D eigenvalue weighted by Crippen LogP contribution is -2.43. The highest BCUT2D eigenvalue weighted by Crippen LogP contribution is 2.38. The molecule has 1 saturated carbocycles. The fraction of sp³-hybridized carbons (Fsp3) is 0.423. The first-order valence-electron chi connectivity index (χ1n) is 12.0. The minimum Gasteiger partial charge on any atom is -0.393 e. The van der Waals surface area contributed by atoms with Crippen LogP contribution in [0.4, 0.5) is 19.0 Å². The number of fused-ring (bicyclic) bond motifs is 3. The van der Waals surface area contributed by atoms with Gasteiger partial charge in [0.2, 0.25) is 0 Å². The third-order valence-corrected chi connectivity index (χ3v) is 7.10. The second kappa shape index (κ2) is 9.33. The van der Waals surface area contributed by atoms with E-state index in [1.54, 1.807) is 23.1 Å². The van der Waals surface area contributed by atoms with E-state index in [0.29, 0.717) is 48.5 Å². The molecule has 1 aliphatic carbocycles. The summed E-state index contributed by atoms with van der Waals surface area (Å²) in [4.78, 5) is 23.9. The number of aliphatic hydroxyl groups is 1. The fourth-order valence-corrected chi connectivity index (χ4v) is 5.21. The standard InChI is InChI=1S/C26H27F3N4O3/c1-14-23-21(13-36-14)20-9-15(5-8-22(20)32-24(23)30)25(35)33(18-3-2-4-19(34)10-18)12-17-7-6-16(11-31-17)26(27,28)29/h5-9,11,14,18-19,34H,2-4,10,12-13H2,1H3,(H2,30,32)/t14-,18+,19-/m1/s1. The minimum absolute atomic E-state index is 0.0324. The van der Waals surface area contributed by atoms with Crippen LogP contribution in [0.15, 0.2) is 36.5 Å². The number of hydrogen-bond donors (Lipinski definition) is 2. The van der Waals surface area contributed by atoms with Gasteiger partial charge in [-0.2, -0.15) is 13.2 Å². The Bertz CT molecular complexity index is 1300. The Kier molecular flexibility index (Phi) is 6.34. The molecule has 2 aromatic heterocycles. The lowest BCUT2D eigenvalue weighted by molar-refractivity contribution is -0.137. The van der Waals surface area contributed by atoms with Crippen LogP contribution in [0.25, 0.3) is 10.9 Å². The number of amides is 1. The molecule has 3 N–H and O–H groups in total. The van der Waals surface area contributed by atoms with Crippen molar-refractivity contribution >= 4 is 22.6 Å². The van der Waals surface area contributed by atoms with Crippen molar-refractivity contribution in [1.29, 1.82) is 0 Å². The number of halogens is 3. The van der Waals surface area contributed by atoms with Gasteiger partial charge >= 0.3 is 6.18 Å². The third kappa shape index (κ3) is 4.62. The van der Waals surface area contributed by atoms with Gasteiger partial charge in [0.1, 0.15) is 5.82 Å². The molecule has 0 radical (unpaired) electrons. The molecule has 3 aromatic rings. The molecule has 7 nitrogen and oxygen atoms in total. The van der Waals surface area contributed by atoms with Crippen LogP contribution in [-0.2, 0) is 24.1 Å². The number of nitrogen functional groups attached to an aromatic ring is 1. The number of benzene rings is 1. The number of carbonyl (C=O) groups excluding carboxylic acids is 1. The lowest BCUT2D eigenvalue weighted by atomic mass is 9.91. The summed E-state index contributed by atoms with van der Waals surface area (Å²) in [6, 6.07) is 7.19. The van der Waals surface area contributed by atoms with Crippen LogP contribution in [0.5, 0.6) is 0 Å². The van der Waals surface area contributed by atoms with Crippen LogP contribution in [0.2, 0.25) is 0 Å². The van der Waals surface area contributed by atoms with Crippen LogP contribution >= 0.6 is 0 Å². The number of rotatable bonds is 4. The summed E-state index contributed by atoms with van der Waals surface area (Å²) in [5.41, 5.74) is 8.45. The summed E-state index contributed by atoms with van der Waals surface area (Å²) < 4.78 is 44.7. The Labute approximate surface area is 206 Å². The number of ether oxygens (including phenoxy) is 1.